The number of nitrogens with one attached hydrogen (secondary N) is 1. The van der Waals surface area contributed by atoms with Crippen LogP contribution in [0.5, 0.6) is 0 Å². The number of carbonyl (C=O) groups is 2. The Morgan fingerprint density at radius 2 is 1.86 bits per heavy atom. The first-order chi connectivity index (χ1) is 9.73. The van der Waals surface area contributed by atoms with Crippen LogP contribution in [-0.2, 0) is 4.79 Å². The summed E-state index contributed by atoms with van der Waals surface area (Å²) in [5, 5.41) is 21.0. The minimum absolute atomic E-state index is 0.0900. The number of rotatable bonds is 5. The quantitative estimate of drug-likeness (QED) is 0.718. The molecule has 1 saturated heterocycles. The minimum Gasteiger partial charge on any atom is -0.481 e. The van der Waals surface area contributed by atoms with E-state index in [0.717, 1.165) is 12.8 Å². The molecule has 0 radical (unpaired) electrons. The molecule has 1 atom stereocenters. The molecule has 21 heavy (non-hydrogen) atoms. The van der Waals surface area contributed by atoms with Gasteiger partial charge in [0.25, 0.3) is 0 Å². The van der Waals surface area contributed by atoms with Crippen LogP contribution in [0.15, 0.2) is 0 Å². The van der Waals surface area contributed by atoms with Crippen LogP contribution >= 0.6 is 0 Å². The molecule has 6 nitrogen and oxygen atoms in total. The molecule has 0 saturated carbocycles. The molecule has 1 unspecified atom stereocenters. The number of aliphatic hydroxyl groups is 1. The Morgan fingerprint density at radius 1 is 1.29 bits per heavy atom. The van der Waals surface area contributed by atoms with E-state index in [-0.39, 0.29) is 30.5 Å². The van der Waals surface area contributed by atoms with Crippen molar-refractivity contribution >= 4 is 12.0 Å². The van der Waals surface area contributed by atoms with Gasteiger partial charge in [-0.1, -0.05) is 20.8 Å². The van der Waals surface area contributed by atoms with Gasteiger partial charge in [-0.15, -0.1) is 0 Å². The average Bonchev–Trinajstić information content (AvgIpc) is 2.41. The highest BCUT2D eigenvalue weighted by atomic mass is 16.4. The largest absolute Gasteiger partial charge is 0.481 e. The monoisotopic (exact) mass is 300 g/mol. The highest BCUT2D eigenvalue weighted by Gasteiger charge is 2.27. The molecule has 0 aromatic heterocycles. The van der Waals surface area contributed by atoms with Crippen LogP contribution in [0.25, 0.3) is 0 Å². The Kier molecular flexibility index (Phi) is 6.45. The van der Waals surface area contributed by atoms with E-state index in [0.29, 0.717) is 19.5 Å². The van der Waals surface area contributed by atoms with E-state index in [2.05, 4.69) is 5.32 Å². The van der Waals surface area contributed by atoms with E-state index in [4.69, 9.17) is 5.11 Å². The Balaban J connectivity index is 2.42. The summed E-state index contributed by atoms with van der Waals surface area (Å²) in [6.45, 7) is 7.54. The van der Waals surface area contributed by atoms with Crippen molar-refractivity contribution in [2.75, 3.05) is 26.2 Å². The SMILES string of the molecule is CC(C)(C)CC(CNC(=O)N1CCC(CO)CC1)C(=O)O. The number of hydrogen-bond donors (Lipinski definition) is 3. The number of piperidine rings is 1. The Morgan fingerprint density at radius 3 is 2.29 bits per heavy atom. The van der Waals surface area contributed by atoms with Gasteiger partial charge in [0.05, 0.1) is 5.92 Å². The van der Waals surface area contributed by atoms with E-state index in [1.165, 1.54) is 0 Å². The Bertz CT molecular complexity index is 357. The van der Waals surface area contributed by atoms with Gasteiger partial charge < -0.3 is 20.4 Å². The maximum Gasteiger partial charge on any atom is 0.317 e. The number of amides is 2. The van der Waals surface area contributed by atoms with Crippen molar-refractivity contribution in [1.29, 1.82) is 0 Å². The first-order valence-corrected chi connectivity index (χ1v) is 7.59. The molecule has 0 spiro atoms. The molecule has 0 aromatic carbocycles. The molecule has 1 rings (SSSR count). The Labute approximate surface area is 126 Å². The molecule has 122 valence electrons. The van der Waals surface area contributed by atoms with Crippen LogP contribution in [0.2, 0.25) is 0 Å². The summed E-state index contributed by atoms with van der Waals surface area (Å²) < 4.78 is 0. The Hall–Kier alpha value is -1.30. The number of carbonyl (C=O) groups excluding carboxylic acids is 1. The summed E-state index contributed by atoms with van der Waals surface area (Å²) in [7, 11) is 0. The first kappa shape index (κ1) is 17.8. The number of likely N-dealkylation sites (tertiary alicyclic amines) is 1. The third-order valence-electron chi connectivity index (χ3n) is 3.87. The second kappa shape index (κ2) is 7.64. The van der Waals surface area contributed by atoms with Crippen LogP contribution in [-0.4, -0.2) is 53.4 Å². The molecule has 1 heterocycles. The molecule has 1 aliphatic rings. The normalized spacial score (nSPS) is 18.4. The van der Waals surface area contributed by atoms with E-state index < -0.39 is 11.9 Å². The summed E-state index contributed by atoms with van der Waals surface area (Å²) in [6.07, 6.45) is 2.12. The van der Waals surface area contributed by atoms with Crippen molar-refractivity contribution < 1.29 is 19.8 Å². The summed E-state index contributed by atoms with van der Waals surface area (Å²) in [6, 6.07) is -0.202. The number of carboxylic acids is 1. The third kappa shape index (κ3) is 6.33. The second-order valence-corrected chi connectivity index (χ2v) is 7.10. The molecular weight excluding hydrogens is 272 g/mol. The highest BCUT2D eigenvalue weighted by Crippen LogP contribution is 2.24. The summed E-state index contributed by atoms with van der Waals surface area (Å²) >= 11 is 0. The van der Waals surface area contributed by atoms with Crippen LogP contribution in [0.4, 0.5) is 4.79 Å². The van der Waals surface area contributed by atoms with Crippen LogP contribution < -0.4 is 5.32 Å². The van der Waals surface area contributed by atoms with Gasteiger partial charge in [0.2, 0.25) is 0 Å². The third-order valence-corrected chi connectivity index (χ3v) is 3.87. The fourth-order valence-electron chi connectivity index (χ4n) is 2.63. The van der Waals surface area contributed by atoms with Gasteiger partial charge in [-0.25, -0.2) is 4.79 Å². The molecule has 2 amide bonds. The van der Waals surface area contributed by atoms with Crippen LogP contribution in [0.1, 0.15) is 40.0 Å². The summed E-state index contributed by atoms with van der Waals surface area (Å²) in [4.78, 5) is 25.0. The van der Waals surface area contributed by atoms with Gasteiger partial charge in [-0.3, -0.25) is 4.79 Å². The van der Waals surface area contributed by atoms with Crippen molar-refractivity contribution in [3.63, 3.8) is 0 Å². The van der Waals surface area contributed by atoms with E-state index in [9.17, 15) is 14.7 Å². The van der Waals surface area contributed by atoms with Gasteiger partial charge in [0, 0.05) is 26.2 Å². The molecule has 1 aliphatic heterocycles. The van der Waals surface area contributed by atoms with Gasteiger partial charge in [-0.05, 0) is 30.6 Å². The van der Waals surface area contributed by atoms with Crippen molar-refractivity contribution in [3.8, 4) is 0 Å². The van der Waals surface area contributed by atoms with Gasteiger partial charge in [-0.2, -0.15) is 0 Å². The zero-order valence-electron chi connectivity index (χ0n) is 13.3. The first-order valence-electron chi connectivity index (χ1n) is 7.59. The average molecular weight is 300 g/mol. The zero-order valence-corrected chi connectivity index (χ0v) is 13.3. The number of hydrogen-bond acceptors (Lipinski definition) is 3. The predicted octanol–water partition coefficient (Wildman–Crippen LogP) is 1.54. The molecule has 0 aromatic rings. The van der Waals surface area contributed by atoms with E-state index in [1.807, 2.05) is 20.8 Å². The standard InChI is InChI=1S/C15H28N2O4/c1-15(2,3)8-12(13(19)20)9-16-14(21)17-6-4-11(10-18)5-7-17/h11-12,18H,4-10H2,1-3H3,(H,16,21)(H,19,20). The maximum atomic E-state index is 12.0. The number of nitrogens with zero attached hydrogens (tertiary/aromatic N) is 1. The highest BCUT2D eigenvalue weighted by molar-refractivity contribution is 5.76. The van der Waals surface area contributed by atoms with Crippen molar-refractivity contribution in [3.05, 3.63) is 0 Å². The fraction of sp³-hybridized carbons (Fsp3) is 0.867. The van der Waals surface area contributed by atoms with E-state index >= 15 is 0 Å². The zero-order chi connectivity index (χ0) is 16.0. The number of carboxylic acid groups (broad SMARTS) is 1. The van der Waals surface area contributed by atoms with Crippen molar-refractivity contribution in [1.82, 2.24) is 10.2 Å². The molecule has 6 heteroatoms. The molecule has 0 aliphatic carbocycles. The van der Waals surface area contributed by atoms with Crippen LogP contribution in [0.3, 0.4) is 0 Å². The lowest BCUT2D eigenvalue weighted by Gasteiger charge is -2.31. The smallest absolute Gasteiger partial charge is 0.317 e. The number of urea groups is 1. The minimum atomic E-state index is -0.871. The molecule has 1 fully saturated rings. The molecular formula is C15H28N2O4. The van der Waals surface area contributed by atoms with Gasteiger partial charge in [0.15, 0.2) is 0 Å². The maximum absolute atomic E-state index is 12.0. The van der Waals surface area contributed by atoms with Crippen molar-refractivity contribution in [2.24, 2.45) is 17.3 Å². The van der Waals surface area contributed by atoms with Gasteiger partial charge in [0.1, 0.15) is 0 Å². The van der Waals surface area contributed by atoms with Gasteiger partial charge >= 0.3 is 12.0 Å². The number of aliphatic hydroxyl groups excluding tert-OH is 1. The van der Waals surface area contributed by atoms with Crippen LogP contribution in [0, 0.1) is 17.3 Å². The number of aliphatic carboxylic acids is 1. The fourth-order valence-corrected chi connectivity index (χ4v) is 2.63. The summed E-state index contributed by atoms with van der Waals surface area (Å²) in [5.41, 5.74) is -0.0900. The second-order valence-electron chi connectivity index (χ2n) is 7.10. The summed E-state index contributed by atoms with van der Waals surface area (Å²) in [5.74, 6) is -1.16. The lowest BCUT2D eigenvalue weighted by molar-refractivity contribution is -0.142. The molecule has 3 N–H and O–H groups in total. The lowest BCUT2D eigenvalue weighted by Crippen LogP contribution is -2.47. The predicted molar refractivity (Wildman–Crippen MR) is 80.0 cm³/mol. The lowest BCUT2D eigenvalue weighted by atomic mass is 9.84. The molecule has 0 bridgehead atoms. The topological polar surface area (TPSA) is 89.9 Å². The van der Waals surface area contributed by atoms with E-state index in [1.54, 1.807) is 4.90 Å². The van der Waals surface area contributed by atoms with Crippen molar-refractivity contribution in [2.45, 2.75) is 40.0 Å².